The van der Waals surface area contributed by atoms with Crippen molar-refractivity contribution in [1.29, 1.82) is 0 Å². The van der Waals surface area contributed by atoms with Gasteiger partial charge in [0.2, 0.25) is 0 Å². The Labute approximate surface area is 131 Å². The number of rotatable bonds is 4. The van der Waals surface area contributed by atoms with E-state index in [0.717, 1.165) is 5.39 Å². The lowest BCUT2D eigenvalue weighted by molar-refractivity contribution is -0.384. The van der Waals surface area contributed by atoms with Crippen LogP contribution in [-0.4, -0.2) is 33.0 Å². The van der Waals surface area contributed by atoms with E-state index in [1.165, 1.54) is 17.0 Å². The van der Waals surface area contributed by atoms with Gasteiger partial charge in [-0.3, -0.25) is 20.0 Å². The Morgan fingerprint density at radius 3 is 2.87 bits per heavy atom. The molecule has 1 heterocycles. The van der Waals surface area contributed by atoms with Crippen LogP contribution in [0, 0.1) is 10.1 Å². The van der Waals surface area contributed by atoms with Crippen LogP contribution < -0.4 is 0 Å². The van der Waals surface area contributed by atoms with E-state index < -0.39 is 4.92 Å². The van der Waals surface area contributed by atoms with Gasteiger partial charge in [0, 0.05) is 31.1 Å². The van der Waals surface area contributed by atoms with Gasteiger partial charge in [-0.25, -0.2) is 0 Å². The summed E-state index contributed by atoms with van der Waals surface area (Å²) in [6.07, 6.45) is 1.66. The molecule has 0 atom stereocenters. The van der Waals surface area contributed by atoms with Crippen molar-refractivity contribution < 1.29 is 9.72 Å². The second-order valence-corrected chi connectivity index (χ2v) is 5.23. The predicted molar refractivity (Wildman–Crippen MR) is 85.0 cm³/mol. The van der Waals surface area contributed by atoms with Crippen molar-refractivity contribution in [3.63, 3.8) is 0 Å². The molecule has 7 heteroatoms. The zero-order valence-corrected chi connectivity index (χ0v) is 12.4. The Kier molecular flexibility index (Phi) is 3.76. The molecule has 0 saturated heterocycles. The monoisotopic (exact) mass is 310 g/mol. The molecule has 0 bridgehead atoms. The van der Waals surface area contributed by atoms with Crippen LogP contribution in [0.3, 0.4) is 0 Å². The van der Waals surface area contributed by atoms with E-state index in [-0.39, 0.29) is 18.1 Å². The number of nitrogens with zero attached hydrogens (tertiary/aromatic N) is 3. The standard InChI is InChI=1S/C16H14N4O3/c1-19(10-11-4-2-6-13(8-11)20(22)23)16(21)14-7-3-5-12-9-17-18-15(12)14/h2-9H,10H2,1H3,(H,17,18). The number of benzene rings is 2. The number of non-ortho nitro benzene ring substituents is 1. The Bertz CT molecular complexity index is 888. The highest BCUT2D eigenvalue weighted by molar-refractivity contribution is 6.05. The molecular weight excluding hydrogens is 296 g/mol. The summed E-state index contributed by atoms with van der Waals surface area (Å²) in [6, 6.07) is 11.7. The van der Waals surface area contributed by atoms with Crippen LogP contribution in [0.5, 0.6) is 0 Å². The number of carbonyl (C=O) groups is 1. The van der Waals surface area contributed by atoms with Crippen LogP contribution in [0.1, 0.15) is 15.9 Å². The molecule has 0 fully saturated rings. The second kappa shape index (κ2) is 5.88. The molecule has 0 aliphatic rings. The third kappa shape index (κ3) is 2.89. The van der Waals surface area contributed by atoms with E-state index in [0.29, 0.717) is 16.6 Å². The number of para-hydroxylation sites is 1. The maximum Gasteiger partial charge on any atom is 0.269 e. The molecule has 2 aromatic carbocycles. The highest BCUT2D eigenvalue weighted by atomic mass is 16.6. The largest absolute Gasteiger partial charge is 0.337 e. The van der Waals surface area contributed by atoms with Gasteiger partial charge in [-0.1, -0.05) is 24.3 Å². The van der Waals surface area contributed by atoms with E-state index in [4.69, 9.17) is 0 Å². The number of nitro groups is 1. The maximum atomic E-state index is 12.6. The molecule has 116 valence electrons. The lowest BCUT2D eigenvalue weighted by Crippen LogP contribution is -2.26. The lowest BCUT2D eigenvalue weighted by Gasteiger charge is -2.17. The quantitative estimate of drug-likeness (QED) is 0.592. The highest BCUT2D eigenvalue weighted by Gasteiger charge is 2.16. The lowest BCUT2D eigenvalue weighted by atomic mass is 10.1. The van der Waals surface area contributed by atoms with Crippen LogP contribution in [-0.2, 0) is 6.54 Å². The highest BCUT2D eigenvalue weighted by Crippen LogP contribution is 2.19. The van der Waals surface area contributed by atoms with Gasteiger partial charge < -0.3 is 4.90 Å². The fraction of sp³-hybridized carbons (Fsp3) is 0.125. The first-order valence-electron chi connectivity index (χ1n) is 6.97. The number of aromatic nitrogens is 2. The van der Waals surface area contributed by atoms with Crippen molar-refractivity contribution in [2.24, 2.45) is 0 Å². The van der Waals surface area contributed by atoms with E-state index in [2.05, 4.69) is 10.2 Å². The van der Waals surface area contributed by atoms with Gasteiger partial charge in [0.05, 0.1) is 22.2 Å². The minimum absolute atomic E-state index is 0.0130. The number of H-pyrrole nitrogens is 1. The van der Waals surface area contributed by atoms with Crippen molar-refractivity contribution >= 4 is 22.5 Å². The molecule has 3 rings (SSSR count). The minimum atomic E-state index is -0.448. The first-order chi connectivity index (χ1) is 11.1. The Balaban J connectivity index is 1.84. The van der Waals surface area contributed by atoms with Gasteiger partial charge in [-0.05, 0) is 11.6 Å². The number of carbonyl (C=O) groups excluding carboxylic acids is 1. The zero-order chi connectivity index (χ0) is 16.4. The molecule has 0 spiro atoms. The van der Waals surface area contributed by atoms with Crippen LogP contribution in [0.2, 0.25) is 0 Å². The number of fused-ring (bicyclic) bond motifs is 1. The summed E-state index contributed by atoms with van der Waals surface area (Å²) in [5.41, 5.74) is 1.92. The van der Waals surface area contributed by atoms with Crippen molar-refractivity contribution in [3.05, 3.63) is 69.9 Å². The van der Waals surface area contributed by atoms with Crippen molar-refractivity contribution in [1.82, 2.24) is 15.1 Å². The third-order valence-corrected chi connectivity index (χ3v) is 3.59. The van der Waals surface area contributed by atoms with Crippen LogP contribution in [0.15, 0.2) is 48.7 Å². The smallest absolute Gasteiger partial charge is 0.269 e. The average molecular weight is 310 g/mol. The Morgan fingerprint density at radius 1 is 1.30 bits per heavy atom. The molecule has 0 aliphatic heterocycles. The number of nitrogens with one attached hydrogen (secondary N) is 1. The molecule has 7 nitrogen and oxygen atoms in total. The summed E-state index contributed by atoms with van der Waals surface area (Å²) in [7, 11) is 1.66. The molecule has 1 amide bonds. The van der Waals surface area contributed by atoms with Gasteiger partial charge in [0.25, 0.3) is 11.6 Å². The summed E-state index contributed by atoms with van der Waals surface area (Å²) in [5.74, 6) is -0.175. The first kappa shape index (κ1) is 14.7. The topological polar surface area (TPSA) is 92.1 Å². The molecule has 1 aromatic heterocycles. The molecule has 0 aliphatic carbocycles. The van der Waals surface area contributed by atoms with Crippen molar-refractivity contribution in [2.75, 3.05) is 7.05 Å². The van der Waals surface area contributed by atoms with Crippen LogP contribution >= 0.6 is 0 Å². The molecule has 3 aromatic rings. The third-order valence-electron chi connectivity index (χ3n) is 3.59. The van der Waals surface area contributed by atoms with Gasteiger partial charge >= 0.3 is 0 Å². The fourth-order valence-corrected chi connectivity index (χ4v) is 2.47. The number of nitro benzene ring substituents is 1. The van der Waals surface area contributed by atoms with Gasteiger partial charge in [-0.15, -0.1) is 0 Å². The summed E-state index contributed by atoms with van der Waals surface area (Å²) in [6.45, 7) is 0.283. The Hall–Kier alpha value is -3.22. The Morgan fingerprint density at radius 2 is 2.09 bits per heavy atom. The number of amides is 1. The fourth-order valence-electron chi connectivity index (χ4n) is 2.47. The molecular formula is C16H14N4O3. The van der Waals surface area contributed by atoms with Gasteiger partial charge in [0.15, 0.2) is 0 Å². The summed E-state index contributed by atoms with van der Waals surface area (Å²) < 4.78 is 0. The minimum Gasteiger partial charge on any atom is -0.337 e. The SMILES string of the molecule is CN(Cc1cccc([N+](=O)[O-])c1)C(=O)c1cccc2cn[nH]c12. The summed E-state index contributed by atoms with van der Waals surface area (Å²) >= 11 is 0. The second-order valence-electron chi connectivity index (χ2n) is 5.23. The van der Waals surface area contributed by atoms with E-state index in [9.17, 15) is 14.9 Å². The molecule has 23 heavy (non-hydrogen) atoms. The predicted octanol–water partition coefficient (Wildman–Crippen LogP) is 2.74. The summed E-state index contributed by atoms with van der Waals surface area (Å²) in [5, 5.41) is 18.5. The first-order valence-corrected chi connectivity index (χ1v) is 6.97. The molecule has 0 saturated carbocycles. The van der Waals surface area contributed by atoms with E-state index >= 15 is 0 Å². The number of hydrogen-bond acceptors (Lipinski definition) is 4. The van der Waals surface area contributed by atoms with Crippen molar-refractivity contribution in [2.45, 2.75) is 6.54 Å². The maximum absolute atomic E-state index is 12.6. The van der Waals surface area contributed by atoms with Gasteiger partial charge in [0.1, 0.15) is 0 Å². The molecule has 1 N–H and O–H groups in total. The summed E-state index contributed by atoms with van der Waals surface area (Å²) in [4.78, 5) is 24.5. The normalized spacial score (nSPS) is 10.7. The number of hydrogen-bond donors (Lipinski definition) is 1. The zero-order valence-electron chi connectivity index (χ0n) is 12.4. The van der Waals surface area contributed by atoms with Crippen molar-refractivity contribution in [3.8, 4) is 0 Å². The number of aromatic amines is 1. The van der Waals surface area contributed by atoms with E-state index in [1.54, 1.807) is 37.5 Å². The average Bonchev–Trinajstić information content (AvgIpc) is 3.02. The molecule has 0 unspecified atom stereocenters. The van der Waals surface area contributed by atoms with Crippen LogP contribution in [0.4, 0.5) is 5.69 Å². The van der Waals surface area contributed by atoms with Gasteiger partial charge in [-0.2, -0.15) is 5.10 Å². The van der Waals surface area contributed by atoms with Crippen LogP contribution in [0.25, 0.3) is 10.9 Å². The molecule has 0 radical (unpaired) electrons. The van der Waals surface area contributed by atoms with E-state index in [1.807, 2.05) is 6.07 Å².